The molecule has 17 heavy (non-hydrogen) atoms. The molecule has 0 bridgehead atoms. The first-order chi connectivity index (χ1) is 7.88. The minimum Gasteiger partial charge on any atom is -0.393 e. The van der Waals surface area contributed by atoms with Gasteiger partial charge in [0, 0.05) is 25.4 Å². The summed E-state index contributed by atoms with van der Waals surface area (Å²) in [7, 11) is 0. The molecule has 1 amide bonds. The average Bonchev–Trinajstić information content (AvgIpc) is 2.22. The number of nitrogens with two attached hydrogens (primary N) is 1. The smallest absolute Gasteiger partial charge is 0.225 e. The Morgan fingerprint density at radius 3 is 2.35 bits per heavy atom. The van der Waals surface area contributed by atoms with Crippen LogP contribution in [-0.2, 0) is 4.79 Å². The van der Waals surface area contributed by atoms with Crippen LogP contribution in [0.2, 0.25) is 0 Å². The Balaban J connectivity index is 4.43. The van der Waals surface area contributed by atoms with Gasteiger partial charge < -0.3 is 10.6 Å². The van der Waals surface area contributed by atoms with Gasteiger partial charge >= 0.3 is 0 Å². The number of rotatable bonds is 8. The number of amides is 1. The number of hydrogen-bond donors (Lipinski definition) is 1. The van der Waals surface area contributed by atoms with Crippen LogP contribution in [0.15, 0.2) is 0 Å². The Morgan fingerprint density at radius 1 is 1.35 bits per heavy atom. The number of carbonyl (C=O) groups is 1. The average molecular weight is 258 g/mol. The van der Waals surface area contributed by atoms with Gasteiger partial charge in [0.15, 0.2) is 0 Å². The van der Waals surface area contributed by atoms with Gasteiger partial charge in [0.05, 0.1) is 4.99 Å². The van der Waals surface area contributed by atoms with Crippen LogP contribution in [0.5, 0.6) is 0 Å². The van der Waals surface area contributed by atoms with Gasteiger partial charge in [-0.3, -0.25) is 4.79 Å². The summed E-state index contributed by atoms with van der Waals surface area (Å²) in [5.41, 5.74) is 5.50. The number of nitrogens with zero attached hydrogens (tertiary/aromatic N) is 1. The van der Waals surface area contributed by atoms with E-state index in [1.54, 1.807) is 0 Å². The summed E-state index contributed by atoms with van der Waals surface area (Å²) in [5, 5.41) is 0. The molecular weight excluding hydrogens is 232 g/mol. The Hall–Kier alpha value is -0.640. The standard InChI is InChI=1S/C13H26N2OS/c1-5-6-11(4)13(16)15(9-10(2)3)8-7-12(14)17/h10-11H,5-9H2,1-4H3,(H2,14,17). The van der Waals surface area contributed by atoms with Crippen molar-refractivity contribution in [2.24, 2.45) is 17.6 Å². The van der Waals surface area contributed by atoms with Crippen LogP contribution in [-0.4, -0.2) is 28.9 Å². The van der Waals surface area contributed by atoms with Crippen LogP contribution in [0.1, 0.15) is 47.0 Å². The molecule has 4 heteroatoms. The van der Waals surface area contributed by atoms with E-state index in [0.717, 1.165) is 19.4 Å². The summed E-state index contributed by atoms with van der Waals surface area (Å²) >= 11 is 4.87. The molecule has 2 N–H and O–H groups in total. The predicted octanol–water partition coefficient (Wildman–Crippen LogP) is 2.58. The molecule has 0 rings (SSSR count). The van der Waals surface area contributed by atoms with Crippen molar-refractivity contribution in [3.63, 3.8) is 0 Å². The normalized spacial score (nSPS) is 12.5. The molecular formula is C13H26N2OS. The lowest BCUT2D eigenvalue weighted by Gasteiger charge is -2.27. The molecule has 0 fully saturated rings. The van der Waals surface area contributed by atoms with Crippen molar-refractivity contribution in [1.82, 2.24) is 4.90 Å². The van der Waals surface area contributed by atoms with Crippen molar-refractivity contribution in [1.29, 1.82) is 0 Å². The summed E-state index contributed by atoms with van der Waals surface area (Å²) in [4.78, 5) is 14.6. The van der Waals surface area contributed by atoms with E-state index in [0.29, 0.717) is 23.9 Å². The Labute approximate surface area is 111 Å². The highest BCUT2D eigenvalue weighted by Crippen LogP contribution is 2.12. The highest BCUT2D eigenvalue weighted by molar-refractivity contribution is 7.80. The van der Waals surface area contributed by atoms with Crippen molar-refractivity contribution in [3.05, 3.63) is 0 Å². The third kappa shape index (κ3) is 7.31. The summed E-state index contributed by atoms with van der Waals surface area (Å²) in [6.45, 7) is 9.78. The zero-order valence-electron chi connectivity index (χ0n) is 11.5. The lowest BCUT2D eigenvalue weighted by molar-refractivity contribution is -0.135. The maximum absolute atomic E-state index is 12.2. The van der Waals surface area contributed by atoms with Crippen LogP contribution in [0, 0.1) is 11.8 Å². The van der Waals surface area contributed by atoms with Crippen LogP contribution in [0.4, 0.5) is 0 Å². The highest BCUT2D eigenvalue weighted by Gasteiger charge is 2.20. The maximum Gasteiger partial charge on any atom is 0.225 e. The highest BCUT2D eigenvalue weighted by atomic mass is 32.1. The first kappa shape index (κ1) is 16.4. The van der Waals surface area contributed by atoms with Gasteiger partial charge in [-0.05, 0) is 12.3 Å². The van der Waals surface area contributed by atoms with E-state index in [-0.39, 0.29) is 11.8 Å². The third-order valence-corrected chi connectivity index (χ3v) is 2.87. The van der Waals surface area contributed by atoms with Crippen molar-refractivity contribution in [2.45, 2.75) is 47.0 Å². The summed E-state index contributed by atoms with van der Waals surface area (Å²) in [6.07, 6.45) is 2.60. The molecule has 0 aliphatic carbocycles. The van der Waals surface area contributed by atoms with Crippen LogP contribution >= 0.6 is 12.2 Å². The largest absolute Gasteiger partial charge is 0.393 e. The van der Waals surface area contributed by atoms with E-state index in [2.05, 4.69) is 20.8 Å². The first-order valence-electron chi connectivity index (χ1n) is 6.45. The fraction of sp³-hybridized carbons (Fsp3) is 0.846. The summed E-state index contributed by atoms with van der Waals surface area (Å²) < 4.78 is 0. The molecule has 100 valence electrons. The van der Waals surface area contributed by atoms with Crippen molar-refractivity contribution < 1.29 is 4.79 Å². The van der Waals surface area contributed by atoms with E-state index in [1.807, 2.05) is 11.8 Å². The lowest BCUT2D eigenvalue weighted by Crippen LogP contribution is -2.39. The van der Waals surface area contributed by atoms with E-state index in [1.165, 1.54) is 0 Å². The predicted molar refractivity (Wildman–Crippen MR) is 76.9 cm³/mol. The molecule has 0 spiro atoms. The monoisotopic (exact) mass is 258 g/mol. The molecule has 0 saturated carbocycles. The molecule has 0 aliphatic heterocycles. The minimum atomic E-state index is 0.102. The van der Waals surface area contributed by atoms with E-state index in [4.69, 9.17) is 18.0 Å². The Kier molecular flexibility index (Phi) is 8.13. The SMILES string of the molecule is CCCC(C)C(=O)N(CCC(N)=S)CC(C)C. The van der Waals surface area contributed by atoms with Gasteiger partial charge in [0.1, 0.15) is 0 Å². The van der Waals surface area contributed by atoms with Gasteiger partial charge in [-0.25, -0.2) is 0 Å². The second kappa shape index (κ2) is 8.45. The second-order valence-electron chi connectivity index (χ2n) is 5.08. The van der Waals surface area contributed by atoms with Crippen molar-refractivity contribution in [3.8, 4) is 0 Å². The number of thiocarbonyl (C=S) groups is 1. The minimum absolute atomic E-state index is 0.102. The molecule has 1 unspecified atom stereocenters. The zero-order valence-corrected chi connectivity index (χ0v) is 12.3. The van der Waals surface area contributed by atoms with Gasteiger partial charge in [0.25, 0.3) is 0 Å². The number of hydrogen-bond acceptors (Lipinski definition) is 2. The molecule has 1 atom stereocenters. The molecule has 0 aliphatic rings. The Morgan fingerprint density at radius 2 is 1.94 bits per heavy atom. The van der Waals surface area contributed by atoms with Crippen LogP contribution in [0.3, 0.4) is 0 Å². The van der Waals surface area contributed by atoms with E-state index in [9.17, 15) is 4.79 Å². The van der Waals surface area contributed by atoms with Gasteiger partial charge in [0.2, 0.25) is 5.91 Å². The Bertz CT molecular complexity index is 254. The van der Waals surface area contributed by atoms with Crippen molar-refractivity contribution in [2.75, 3.05) is 13.1 Å². The van der Waals surface area contributed by atoms with E-state index < -0.39 is 0 Å². The van der Waals surface area contributed by atoms with E-state index >= 15 is 0 Å². The molecule has 3 nitrogen and oxygen atoms in total. The molecule has 0 aromatic rings. The second-order valence-corrected chi connectivity index (χ2v) is 5.61. The quantitative estimate of drug-likeness (QED) is 0.681. The third-order valence-electron chi connectivity index (χ3n) is 2.67. The first-order valence-corrected chi connectivity index (χ1v) is 6.86. The van der Waals surface area contributed by atoms with Crippen LogP contribution in [0.25, 0.3) is 0 Å². The summed E-state index contributed by atoms with van der Waals surface area (Å²) in [6, 6.07) is 0. The molecule has 0 heterocycles. The van der Waals surface area contributed by atoms with Crippen molar-refractivity contribution >= 4 is 23.1 Å². The lowest BCUT2D eigenvalue weighted by atomic mass is 10.0. The van der Waals surface area contributed by atoms with Crippen LogP contribution < -0.4 is 5.73 Å². The maximum atomic E-state index is 12.2. The molecule has 0 aromatic heterocycles. The molecule has 0 radical (unpaired) electrons. The fourth-order valence-electron chi connectivity index (χ4n) is 1.85. The van der Waals surface area contributed by atoms with Gasteiger partial charge in [-0.2, -0.15) is 0 Å². The van der Waals surface area contributed by atoms with Gasteiger partial charge in [-0.15, -0.1) is 0 Å². The molecule has 0 aromatic carbocycles. The topological polar surface area (TPSA) is 46.3 Å². The summed E-state index contributed by atoms with van der Waals surface area (Å²) in [5.74, 6) is 0.806. The zero-order chi connectivity index (χ0) is 13.4. The van der Waals surface area contributed by atoms with Gasteiger partial charge in [-0.1, -0.05) is 46.3 Å². The molecule has 0 saturated heterocycles. The number of carbonyl (C=O) groups excluding carboxylic acids is 1. The fourth-order valence-corrected chi connectivity index (χ4v) is 1.94.